The number of alkyl halides is 1. The molecule has 1 fully saturated rings. The highest BCUT2D eigenvalue weighted by Crippen LogP contribution is 2.27. The Kier molecular flexibility index (Phi) is 5.25. The lowest BCUT2D eigenvalue weighted by Crippen LogP contribution is -2.32. The van der Waals surface area contributed by atoms with Crippen LogP contribution in [0.1, 0.15) is 31.2 Å². The number of rotatable bonds is 5. The van der Waals surface area contributed by atoms with E-state index in [1.165, 1.54) is 0 Å². The Morgan fingerprint density at radius 1 is 1.11 bits per heavy atom. The fourth-order valence-corrected chi connectivity index (χ4v) is 3.89. The molecule has 1 aromatic carbocycles. The summed E-state index contributed by atoms with van der Waals surface area (Å²) in [5, 5.41) is 0.275. The highest BCUT2D eigenvalue weighted by atomic mass is 35.5. The second-order valence-corrected chi connectivity index (χ2v) is 7.64. The average molecular weight is 302 g/mol. The molecule has 0 radical (unpaired) electrons. The van der Waals surface area contributed by atoms with Crippen molar-refractivity contribution in [2.45, 2.75) is 36.8 Å². The van der Waals surface area contributed by atoms with Gasteiger partial charge < -0.3 is 0 Å². The Morgan fingerprint density at radius 2 is 1.74 bits per heavy atom. The van der Waals surface area contributed by atoms with Crippen molar-refractivity contribution in [1.29, 1.82) is 0 Å². The molecule has 0 unspecified atom stereocenters. The minimum Gasteiger partial charge on any atom is -0.215 e. The van der Waals surface area contributed by atoms with Gasteiger partial charge in [-0.2, -0.15) is 0 Å². The topological polar surface area (TPSA) is 46.2 Å². The van der Waals surface area contributed by atoms with Crippen molar-refractivity contribution in [3.05, 3.63) is 35.9 Å². The van der Waals surface area contributed by atoms with Crippen LogP contribution in [0.25, 0.3) is 0 Å². The molecule has 106 valence electrons. The SMILES string of the molecule is O=S(=O)(Cc1ccccc1)NCC1CCC(Cl)CC1. The van der Waals surface area contributed by atoms with E-state index in [9.17, 15) is 8.42 Å². The average Bonchev–Trinajstić information content (AvgIpc) is 2.39. The third kappa shape index (κ3) is 5.13. The van der Waals surface area contributed by atoms with Gasteiger partial charge in [-0.25, -0.2) is 13.1 Å². The van der Waals surface area contributed by atoms with Crippen LogP contribution in [0.4, 0.5) is 0 Å². The zero-order valence-electron chi connectivity index (χ0n) is 10.9. The maximum absolute atomic E-state index is 12.0. The summed E-state index contributed by atoms with van der Waals surface area (Å²) in [6.45, 7) is 0.540. The minimum absolute atomic E-state index is 0.0543. The van der Waals surface area contributed by atoms with Gasteiger partial charge in [0.25, 0.3) is 0 Å². The molecular weight excluding hydrogens is 282 g/mol. The normalized spacial score (nSPS) is 24.3. The summed E-state index contributed by atoms with van der Waals surface area (Å²) in [4.78, 5) is 0. The van der Waals surface area contributed by atoms with Crippen molar-refractivity contribution < 1.29 is 8.42 Å². The highest BCUT2D eigenvalue weighted by Gasteiger charge is 2.21. The van der Waals surface area contributed by atoms with Crippen LogP contribution in [0.5, 0.6) is 0 Å². The van der Waals surface area contributed by atoms with Crippen molar-refractivity contribution in [3.8, 4) is 0 Å². The molecule has 0 bridgehead atoms. The van der Waals surface area contributed by atoms with E-state index in [2.05, 4.69) is 4.72 Å². The zero-order valence-corrected chi connectivity index (χ0v) is 12.5. The molecule has 1 aliphatic rings. The van der Waals surface area contributed by atoms with Gasteiger partial charge in [-0.1, -0.05) is 30.3 Å². The van der Waals surface area contributed by atoms with Crippen LogP contribution in [0, 0.1) is 5.92 Å². The second-order valence-electron chi connectivity index (χ2n) is 5.21. The predicted molar refractivity (Wildman–Crippen MR) is 78.7 cm³/mol. The van der Waals surface area contributed by atoms with Gasteiger partial charge in [-0.3, -0.25) is 0 Å². The molecule has 0 saturated heterocycles. The first kappa shape index (κ1) is 14.8. The summed E-state index contributed by atoms with van der Waals surface area (Å²) in [7, 11) is -3.23. The van der Waals surface area contributed by atoms with Crippen LogP contribution >= 0.6 is 11.6 Å². The van der Waals surface area contributed by atoms with Crippen LogP contribution in [-0.4, -0.2) is 20.3 Å². The number of nitrogens with one attached hydrogen (secondary N) is 1. The van der Waals surface area contributed by atoms with Gasteiger partial charge in [0.1, 0.15) is 0 Å². The Bertz CT molecular complexity index is 481. The highest BCUT2D eigenvalue weighted by molar-refractivity contribution is 7.88. The van der Waals surface area contributed by atoms with Gasteiger partial charge in [0, 0.05) is 11.9 Å². The predicted octanol–water partition coefficient (Wildman–Crippen LogP) is 2.90. The van der Waals surface area contributed by atoms with E-state index in [1.807, 2.05) is 30.3 Å². The van der Waals surface area contributed by atoms with Gasteiger partial charge >= 0.3 is 0 Å². The van der Waals surface area contributed by atoms with Crippen LogP contribution < -0.4 is 4.72 Å². The maximum atomic E-state index is 12.0. The number of sulfonamides is 1. The Hall–Kier alpha value is -0.580. The fourth-order valence-electron chi connectivity index (χ4n) is 2.42. The molecule has 3 nitrogen and oxygen atoms in total. The van der Waals surface area contributed by atoms with E-state index in [4.69, 9.17) is 11.6 Å². The van der Waals surface area contributed by atoms with E-state index in [1.54, 1.807) is 0 Å². The largest absolute Gasteiger partial charge is 0.215 e. The van der Waals surface area contributed by atoms with Gasteiger partial charge in [-0.15, -0.1) is 11.6 Å². The van der Waals surface area contributed by atoms with Gasteiger partial charge in [0.05, 0.1) is 5.75 Å². The molecule has 0 atom stereocenters. The first-order chi connectivity index (χ1) is 9.05. The molecule has 1 N–H and O–H groups in total. The summed E-state index contributed by atoms with van der Waals surface area (Å²) in [6.07, 6.45) is 4.02. The van der Waals surface area contributed by atoms with Crippen LogP contribution in [0.2, 0.25) is 0 Å². The standard InChI is InChI=1S/C14H20ClNO2S/c15-14-8-6-12(7-9-14)10-16-19(17,18)11-13-4-2-1-3-5-13/h1-5,12,14,16H,6-11H2. The first-order valence-corrected chi connectivity index (χ1v) is 8.79. The number of halogens is 1. The summed E-state index contributed by atoms with van der Waals surface area (Å²) < 4.78 is 26.7. The van der Waals surface area contributed by atoms with Crippen molar-refractivity contribution in [2.75, 3.05) is 6.54 Å². The van der Waals surface area contributed by atoms with Gasteiger partial charge in [0.15, 0.2) is 0 Å². The molecule has 5 heteroatoms. The lowest BCUT2D eigenvalue weighted by atomic mass is 9.89. The van der Waals surface area contributed by atoms with Gasteiger partial charge in [-0.05, 0) is 37.2 Å². The third-order valence-electron chi connectivity index (χ3n) is 3.57. The second kappa shape index (κ2) is 6.73. The van der Waals surface area contributed by atoms with E-state index >= 15 is 0 Å². The fraction of sp³-hybridized carbons (Fsp3) is 0.571. The van der Waals surface area contributed by atoms with Gasteiger partial charge in [0.2, 0.25) is 10.0 Å². The molecule has 0 aromatic heterocycles. The van der Waals surface area contributed by atoms with Crippen LogP contribution in [0.15, 0.2) is 30.3 Å². The third-order valence-corrected chi connectivity index (χ3v) is 5.32. The van der Waals surface area contributed by atoms with Crippen LogP contribution in [-0.2, 0) is 15.8 Å². The van der Waals surface area contributed by atoms with Crippen molar-refractivity contribution >= 4 is 21.6 Å². The smallest absolute Gasteiger partial charge is 0.215 e. The van der Waals surface area contributed by atoms with Crippen LogP contribution in [0.3, 0.4) is 0 Å². The Morgan fingerprint density at radius 3 is 2.37 bits per heavy atom. The molecule has 0 aliphatic heterocycles. The summed E-state index contributed by atoms with van der Waals surface area (Å²) in [6, 6.07) is 9.25. The minimum atomic E-state index is -3.23. The number of benzene rings is 1. The first-order valence-electron chi connectivity index (χ1n) is 6.70. The zero-order chi connectivity index (χ0) is 13.7. The lowest BCUT2D eigenvalue weighted by Gasteiger charge is -2.24. The molecule has 1 aromatic rings. The van der Waals surface area contributed by atoms with E-state index in [-0.39, 0.29) is 11.1 Å². The monoisotopic (exact) mass is 301 g/mol. The molecule has 19 heavy (non-hydrogen) atoms. The summed E-state index contributed by atoms with van der Waals surface area (Å²) in [5.74, 6) is 0.485. The number of hydrogen-bond donors (Lipinski definition) is 1. The molecule has 0 amide bonds. The molecule has 2 rings (SSSR count). The van der Waals surface area contributed by atoms with E-state index in [0.29, 0.717) is 12.5 Å². The van der Waals surface area contributed by atoms with Crippen molar-refractivity contribution in [1.82, 2.24) is 4.72 Å². The van der Waals surface area contributed by atoms with E-state index < -0.39 is 10.0 Å². The number of hydrogen-bond acceptors (Lipinski definition) is 2. The van der Waals surface area contributed by atoms with Crippen molar-refractivity contribution in [3.63, 3.8) is 0 Å². The summed E-state index contributed by atoms with van der Waals surface area (Å²) in [5.41, 5.74) is 0.819. The maximum Gasteiger partial charge on any atom is 0.215 e. The molecule has 1 aliphatic carbocycles. The summed E-state index contributed by atoms with van der Waals surface area (Å²) >= 11 is 6.04. The molecular formula is C14H20ClNO2S. The van der Waals surface area contributed by atoms with Crippen molar-refractivity contribution in [2.24, 2.45) is 5.92 Å². The quantitative estimate of drug-likeness (QED) is 0.850. The van der Waals surface area contributed by atoms with E-state index in [0.717, 1.165) is 31.2 Å². The molecule has 0 heterocycles. The molecule has 1 saturated carbocycles. The lowest BCUT2D eigenvalue weighted by molar-refractivity contribution is 0.361. The Labute approximate surface area is 120 Å². The molecule has 0 spiro atoms. The Balaban J connectivity index is 1.81.